The summed E-state index contributed by atoms with van der Waals surface area (Å²) >= 11 is 0. The molecule has 0 aromatic heterocycles. The molecule has 0 radical (unpaired) electrons. The number of hydrogen-bond donors (Lipinski definition) is 2. The molecule has 1 aliphatic rings. The molecule has 1 aromatic carbocycles. The molecule has 154 valence electrons. The number of hydrogen-bond acceptors (Lipinski definition) is 6. The summed E-state index contributed by atoms with van der Waals surface area (Å²) in [6, 6.07) is 3.32. The lowest BCUT2D eigenvalue weighted by molar-refractivity contribution is -0.122. The fourth-order valence-corrected chi connectivity index (χ4v) is 3.16. The molecule has 0 atom stereocenters. The van der Waals surface area contributed by atoms with Gasteiger partial charge < -0.3 is 24.8 Å². The van der Waals surface area contributed by atoms with E-state index in [1.165, 1.54) is 21.3 Å². The normalized spacial score (nSPS) is 14.8. The van der Waals surface area contributed by atoms with Crippen molar-refractivity contribution in [1.82, 2.24) is 15.5 Å². The minimum atomic E-state index is -0.193. The number of carbonyl (C=O) groups is 2. The molecule has 1 saturated heterocycles. The summed E-state index contributed by atoms with van der Waals surface area (Å²) in [5.41, 5.74) is 0.445. The van der Waals surface area contributed by atoms with Gasteiger partial charge in [0.2, 0.25) is 11.7 Å². The van der Waals surface area contributed by atoms with E-state index in [4.69, 9.17) is 14.2 Å². The van der Waals surface area contributed by atoms with Crippen LogP contribution in [0.3, 0.4) is 0 Å². The van der Waals surface area contributed by atoms with Crippen LogP contribution in [0.1, 0.15) is 23.2 Å². The van der Waals surface area contributed by atoms with Crippen molar-refractivity contribution in [2.75, 3.05) is 47.5 Å². The number of benzene rings is 1. The van der Waals surface area contributed by atoms with Crippen LogP contribution in [0.5, 0.6) is 17.2 Å². The molecule has 28 heavy (non-hydrogen) atoms. The van der Waals surface area contributed by atoms with E-state index in [0.29, 0.717) is 35.9 Å². The van der Waals surface area contributed by atoms with Gasteiger partial charge in [-0.05, 0) is 25.0 Å². The second-order valence-corrected chi connectivity index (χ2v) is 6.53. The first-order valence-electron chi connectivity index (χ1n) is 9.23. The second-order valence-electron chi connectivity index (χ2n) is 6.53. The minimum absolute atomic E-state index is 0.0141. The molecule has 1 aromatic rings. The highest BCUT2D eigenvalue weighted by molar-refractivity contribution is 5.95. The van der Waals surface area contributed by atoms with E-state index in [1.807, 2.05) is 0 Å². The average molecular weight is 391 g/mol. The highest BCUT2D eigenvalue weighted by atomic mass is 16.5. The molecule has 2 amide bonds. The zero-order valence-corrected chi connectivity index (χ0v) is 16.7. The largest absolute Gasteiger partial charge is 0.493 e. The molecule has 1 fully saturated rings. The van der Waals surface area contributed by atoms with E-state index >= 15 is 0 Å². The molecule has 0 bridgehead atoms. The first-order valence-corrected chi connectivity index (χ1v) is 9.23. The summed E-state index contributed by atoms with van der Waals surface area (Å²) in [5.74, 6) is 1.12. The summed E-state index contributed by atoms with van der Waals surface area (Å²) in [5, 5.41) is 5.83. The Balaban J connectivity index is 1.92. The van der Waals surface area contributed by atoms with Gasteiger partial charge in [-0.15, -0.1) is 6.58 Å². The van der Waals surface area contributed by atoms with Gasteiger partial charge in [-0.2, -0.15) is 0 Å². The molecule has 0 saturated carbocycles. The molecule has 0 spiro atoms. The first-order chi connectivity index (χ1) is 13.5. The number of amides is 2. The van der Waals surface area contributed by atoms with Crippen molar-refractivity contribution >= 4 is 11.8 Å². The highest BCUT2D eigenvalue weighted by Crippen LogP contribution is 2.38. The number of methoxy groups -OCH3 is 3. The lowest BCUT2D eigenvalue weighted by atomic mass is 10.0. The summed E-state index contributed by atoms with van der Waals surface area (Å²) in [4.78, 5) is 26.5. The second kappa shape index (κ2) is 10.6. The summed E-state index contributed by atoms with van der Waals surface area (Å²) in [7, 11) is 4.55. The third-order valence-corrected chi connectivity index (χ3v) is 4.66. The fraction of sp³-hybridized carbons (Fsp3) is 0.500. The molecule has 8 nitrogen and oxygen atoms in total. The molecule has 1 heterocycles. The van der Waals surface area contributed by atoms with Crippen LogP contribution in [0, 0.1) is 0 Å². The van der Waals surface area contributed by atoms with E-state index in [2.05, 4.69) is 22.1 Å². The van der Waals surface area contributed by atoms with E-state index < -0.39 is 0 Å². The van der Waals surface area contributed by atoms with Gasteiger partial charge in [-0.3, -0.25) is 14.5 Å². The van der Waals surface area contributed by atoms with Gasteiger partial charge in [-0.1, -0.05) is 6.08 Å². The molecule has 0 unspecified atom stereocenters. The number of ether oxygens (including phenoxy) is 3. The summed E-state index contributed by atoms with van der Waals surface area (Å²) in [6.07, 6.45) is 3.22. The predicted molar refractivity (Wildman–Crippen MR) is 106 cm³/mol. The smallest absolute Gasteiger partial charge is 0.251 e. The van der Waals surface area contributed by atoms with Crippen LogP contribution in [0.15, 0.2) is 24.8 Å². The van der Waals surface area contributed by atoms with Gasteiger partial charge in [0.25, 0.3) is 5.91 Å². The van der Waals surface area contributed by atoms with Crippen molar-refractivity contribution in [3.8, 4) is 17.2 Å². The van der Waals surface area contributed by atoms with Crippen molar-refractivity contribution in [3.63, 3.8) is 0 Å². The van der Waals surface area contributed by atoms with E-state index in [-0.39, 0.29) is 17.9 Å². The van der Waals surface area contributed by atoms with Crippen LogP contribution in [0.25, 0.3) is 0 Å². The maximum atomic E-state index is 12.7. The van der Waals surface area contributed by atoms with E-state index in [9.17, 15) is 9.59 Å². The molecule has 1 aliphatic heterocycles. The van der Waals surface area contributed by atoms with Crippen LogP contribution in [-0.4, -0.2) is 70.3 Å². The monoisotopic (exact) mass is 391 g/mol. The SMILES string of the molecule is C=CCNC(=O)CN1CCC(NC(=O)c2cc(OC)c(OC)c(OC)c2)CC1. The molecule has 0 aliphatic carbocycles. The topological polar surface area (TPSA) is 89.1 Å². The molecular formula is C20H29N3O5. The number of nitrogens with zero attached hydrogens (tertiary/aromatic N) is 1. The zero-order chi connectivity index (χ0) is 20.5. The van der Waals surface area contributed by atoms with Crippen LogP contribution in [-0.2, 0) is 4.79 Å². The first kappa shape index (κ1) is 21.6. The fourth-order valence-electron chi connectivity index (χ4n) is 3.16. The van der Waals surface area contributed by atoms with Crippen LogP contribution in [0.2, 0.25) is 0 Å². The Labute approximate surface area is 165 Å². The third kappa shape index (κ3) is 5.63. The van der Waals surface area contributed by atoms with Crippen molar-refractivity contribution < 1.29 is 23.8 Å². The number of carbonyl (C=O) groups excluding carboxylic acids is 2. The molecule has 2 rings (SSSR count). The van der Waals surface area contributed by atoms with Crippen molar-refractivity contribution in [1.29, 1.82) is 0 Å². The Hall–Kier alpha value is -2.74. The summed E-state index contributed by atoms with van der Waals surface area (Å²) < 4.78 is 15.9. The molecule has 8 heteroatoms. The van der Waals surface area contributed by atoms with Gasteiger partial charge in [0.1, 0.15) is 0 Å². The van der Waals surface area contributed by atoms with Gasteiger partial charge >= 0.3 is 0 Å². The van der Waals surface area contributed by atoms with Gasteiger partial charge in [0, 0.05) is 31.2 Å². The predicted octanol–water partition coefficient (Wildman–Crippen LogP) is 1.21. The Morgan fingerprint density at radius 2 is 1.75 bits per heavy atom. The van der Waals surface area contributed by atoms with E-state index in [1.54, 1.807) is 18.2 Å². The zero-order valence-electron chi connectivity index (χ0n) is 16.7. The Morgan fingerprint density at radius 1 is 1.14 bits per heavy atom. The van der Waals surface area contributed by atoms with Gasteiger partial charge in [-0.25, -0.2) is 0 Å². The van der Waals surface area contributed by atoms with Crippen molar-refractivity contribution in [2.24, 2.45) is 0 Å². The lowest BCUT2D eigenvalue weighted by Gasteiger charge is -2.31. The standard InChI is InChI=1S/C20H29N3O5/c1-5-8-21-18(24)13-23-9-6-15(7-10-23)22-20(25)14-11-16(26-2)19(28-4)17(12-14)27-3/h5,11-12,15H,1,6-10,13H2,2-4H3,(H,21,24)(H,22,25). The van der Waals surface area contributed by atoms with Gasteiger partial charge in [0.15, 0.2) is 11.5 Å². The maximum Gasteiger partial charge on any atom is 0.251 e. The third-order valence-electron chi connectivity index (χ3n) is 4.66. The highest BCUT2D eigenvalue weighted by Gasteiger charge is 2.23. The number of rotatable bonds is 9. The van der Waals surface area contributed by atoms with Gasteiger partial charge in [0.05, 0.1) is 27.9 Å². The average Bonchev–Trinajstić information content (AvgIpc) is 2.72. The summed E-state index contributed by atoms with van der Waals surface area (Å²) in [6.45, 7) is 5.92. The Kier molecular flexibility index (Phi) is 8.13. The van der Waals surface area contributed by atoms with Crippen molar-refractivity contribution in [2.45, 2.75) is 18.9 Å². The Bertz CT molecular complexity index is 674. The van der Waals surface area contributed by atoms with Crippen LogP contribution < -0.4 is 24.8 Å². The molecular weight excluding hydrogens is 362 g/mol. The Morgan fingerprint density at radius 3 is 2.25 bits per heavy atom. The number of piperidine rings is 1. The maximum absolute atomic E-state index is 12.7. The minimum Gasteiger partial charge on any atom is -0.493 e. The van der Waals surface area contributed by atoms with Crippen molar-refractivity contribution in [3.05, 3.63) is 30.4 Å². The van der Waals surface area contributed by atoms with Crippen LogP contribution in [0.4, 0.5) is 0 Å². The lowest BCUT2D eigenvalue weighted by Crippen LogP contribution is -2.47. The molecule has 2 N–H and O–H groups in total. The van der Waals surface area contributed by atoms with Crippen LogP contribution >= 0.6 is 0 Å². The number of nitrogens with one attached hydrogen (secondary N) is 2. The quantitative estimate of drug-likeness (QED) is 0.615. The number of likely N-dealkylation sites (tertiary alicyclic amines) is 1. The van der Waals surface area contributed by atoms with E-state index in [0.717, 1.165) is 25.9 Å².